The summed E-state index contributed by atoms with van der Waals surface area (Å²) in [5, 5.41) is 6.64. The van der Waals surface area contributed by atoms with Crippen molar-refractivity contribution in [2.45, 2.75) is 6.42 Å². The van der Waals surface area contributed by atoms with Gasteiger partial charge in [-0.1, -0.05) is 17.7 Å². The molecule has 1 aromatic heterocycles. The van der Waals surface area contributed by atoms with Crippen LogP contribution >= 0.6 is 35.6 Å². The average molecular weight is 355 g/mol. The Balaban J connectivity index is 0.00000225. The number of rotatable bonds is 3. The van der Waals surface area contributed by atoms with Gasteiger partial charge in [0.2, 0.25) is 0 Å². The van der Waals surface area contributed by atoms with Crippen molar-refractivity contribution in [3.63, 3.8) is 0 Å². The zero-order valence-electron chi connectivity index (χ0n) is 9.33. The Morgan fingerprint density at radius 3 is 2.75 bits per heavy atom. The lowest BCUT2D eigenvalue weighted by molar-refractivity contribution is 0.831. The Kier molecular flexibility index (Phi) is 8.28. The Bertz CT molecular complexity index is 326. The van der Waals surface area contributed by atoms with E-state index in [2.05, 4.69) is 20.6 Å². The van der Waals surface area contributed by atoms with Crippen LogP contribution in [0.15, 0.2) is 23.3 Å². The van der Waals surface area contributed by atoms with Gasteiger partial charge in [0.15, 0.2) is 5.96 Å². The summed E-state index contributed by atoms with van der Waals surface area (Å²) in [6, 6.07) is 3.77. The molecule has 2 N–H and O–H groups in total. The first kappa shape index (κ1) is 15.4. The quantitative estimate of drug-likeness (QED) is 0.376. The van der Waals surface area contributed by atoms with Crippen LogP contribution in [0, 0.1) is 0 Å². The first-order valence-corrected chi connectivity index (χ1v) is 5.13. The maximum absolute atomic E-state index is 5.69. The number of guanidine groups is 1. The molecule has 0 fully saturated rings. The smallest absolute Gasteiger partial charge is 0.190 e. The zero-order valence-corrected chi connectivity index (χ0v) is 12.4. The Labute approximate surface area is 118 Å². The van der Waals surface area contributed by atoms with Crippen LogP contribution < -0.4 is 10.6 Å². The molecule has 0 saturated heterocycles. The number of nitrogens with zero attached hydrogens (tertiary/aromatic N) is 2. The van der Waals surface area contributed by atoms with E-state index >= 15 is 0 Å². The highest BCUT2D eigenvalue weighted by molar-refractivity contribution is 14.0. The highest BCUT2D eigenvalue weighted by Crippen LogP contribution is 2.05. The van der Waals surface area contributed by atoms with Crippen LogP contribution in [0.1, 0.15) is 5.56 Å². The molecule has 0 bridgehead atoms. The number of hydrogen-bond acceptors (Lipinski definition) is 2. The molecule has 0 amide bonds. The summed E-state index contributed by atoms with van der Waals surface area (Å²) >= 11 is 5.69. The van der Waals surface area contributed by atoms with Crippen LogP contribution in [0.5, 0.6) is 0 Å². The predicted octanol–water partition coefficient (Wildman–Crippen LogP) is 1.69. The van der Waals surface area contributed by atoms with Gasteiger partial charge in [-0.05, 0) is 18.1 Å². The lowest BCUT2D eigenvalue weighted by Crippen LogP contribution is -2.35. The molecular weight excluding hydrogens is 338 g/mol. The van der Waals surface area contributed by atoms with Gasteiger partial charge in [-0.15, -0.1) is 24.0 Å². The molecule has 90 valence electrons. The van der Waals surface area contributed by atoms with E-state index in [1.54, 1.807) is 19.3 Å². The molecule has 0 aliphatic heterocycles. The van der Waals surface area contributed by atoms with E-state index in [1.807, 2.05) is 13.1 Å². The minimum absolute atomic E-state index is 0. The van der Waals surface area contributed by atoms with Gasteiger partial charge in [0.1, 0.15) is 5.15 Å². The standard InChI is InChI=1S/C10H15ClN4.HI/c1-12-10(13-2)14-6-5-8-3-4-9(11)15-7-8;/h3-4,7H,5-6H2,1-2H3,(H2,12,13,14);1H. The summed E-state index contributed by atoms with van der Waals surface area (Å²) < 4.78 is 0. The molecule has 0 radical (unpaired) electrons. The van der Waals surface area contributed by atoms with E-state index in [1.165, 1.54) is 0 Å². The molecule has 0 aliphatic carbocycles. The molecule has 1 rings (SSSR count). The van der Waals surface area contributed by atoms with Crippen LogP contribution in [0.25, 0.3) is 0 Å². The monoisotopic (exact) mass is 354 g/mol. The first-order valence-electron chi connectivity index (χ1n) is 4.75. The molecule has 0 saturated carbocycles. The molecule has 6 heteroatoms. The number of aliphatic imine (C=N–C) groups is 1. The zero-order chi connectivity index (χ0) is 11.1. The molecule has 1 aromatic rings. The van der Waals surface area contributed by atoms with Crippen molar-refractivity contribution < 1.29 is 0 Å². The molecule has 0 unspecified atom stereocenters. The molecule has 16 heavy (non-hydrogen) atoms. The fourth-order valence-corrected chi connectivity index (χ4v) is 1.27. The van der Waals surface area contributed by atoms with Crippen molar-refractivity contribution in [2.24, 2.45) is 4.99 Å². The third-order valence-corrected chi connectivity index (χ3v) is 2.18. The van der Waals surface area contributed by atoms with E-state index in [0.29, 0.717) is 5.15 Å². The second kappa shape index (κ2) is 8.58. The third kappa shape index (κ3) is 5.50. The molecule has 0 aromatic carbocycles. The number of pyridine rings is 1. The molecule has 0 atom stereocenters. The van der Waals surface area contributed by atoms with E-state index < -0.39 is 0 Å². The van der Waals surface area contributed by atoms with Gasteiger partial charge in [0.05, 0.1) is 0 Å². The van der Waals surface area contributed by atoms with Gasteiger partial charge in [-0.3, -0.25) is 4.99 Å². The van der Waals surface area contributed by atoms with Crippen molar-refractivity contribution in [2.75, 3.05) is 20.6 Å². The second-order valence-corrected chi connectivity index (χ2v) is 3.38. The number of aromatic nitrogens is 1. The normalized spacial score (nSPS) is 10.6. The summed E-state index contributed by atoms with van der Waals surface area (Å²) in [7, 11) is 3.57. The number of nitrogens with one attached hydrogen (secondary N) is 2. The van der Waals surface area contributed by atoms with E-state index in [4.69, 9.17) is 11.6 Å². The fraction of sp³-hybridized carbons (Fsp3) is 0.400. The number of halogens is 2. The Morgan fingerprint density at radius 2 is 2.25 bits per heavy atom. The minimum Gasteiger partial charge on any atom is -0.359 e. The van der Waals surface area contributed by atoms with Gasteiger partial charge in [0, 0.05) is 26.8 Å². The van der Waals surface area contributed by atoms with E-state index in [9.17, 15) is 0 Å². The highest BCUT2D eigenvalue weighted by Gasteiger charge is 1.95. The predicted molar refractivity (Wildman–Crippen MR) is 78.8 cm³/mol. The number of hydrogen-bond donors (Lipinski definition) is 2. The lowest BCUT2D eigenvalue weighted by Gasteiger charge is -2.07. The van der Waals surface area contributed by atoms with Crippen molar-refractivity contribution in [1.82, 2.24) is 15.6 Å². The Morgan fingerprint density at radius 1 is 1.50 bits per heavy atom. The van der Waals surface area contributed by atoms with Gasteiger partial charge < -0.3 is 10.6 Å². The van der Waals surface area contributed by atoms with Crippen molar-refractivity contribution in [1.29, 1.82) is 0 Å². The summed E-state index contributed by atoms with van der Waals surface area (Å²) in [5.74, 6) is 0.789. The lowest BCUT2D eigenvalue weighted by atomic mass is 10.2. The fourth-order valence-electron chi connectivity index (χ4n) is 1.16. The highest BCUT2D eigenvalue weighted by atomic mass is 127. The maximum atomic E-state index is 5.69. The van der Waals surface area contributed by atoms with E-state index in [-0.39, 0.29) is 24.0 Å². The van der Waals surface area contributed by atoms with Crippen molar-refractivity contribution in [3.05, 3.63) is 29.0 Å². The van der Waals surface area contributed by atoms with Gasteiger partial charge in [0.25, 0.3) is 0 Å². The van der Waals surface area contributed by atoms with Gasteiger partial charge >= 0.3 is 0 Å². The second-order valence-electron chi connectivity index (χ2n) is 2.99. The molecular formula is C10H16ClIN4. The molecule has 0 spiro atoms. The SMILES string of the molecule is CN=C(NC)NCCc1ccc(Cl)nc1.I. The van der Waals surface area contributed by atoms with Crippen LogP contribution in [-0.4, -0.2) is 31.6 Å². The maximum Gasteiger partial charge on any atom is 0.190 e. The van der Waals surface area contributed by atoms with Gasteiger partial charge in [-0.2, -0.15) is 0 Å². The van der Waals surface area contributed by atoms with Crippen molar-refractivity contribution in [3.8, 4) is 0 Å². The summed E-state index contributed by atoms with van der Waals surface area (Å²) in [5.41, 5.74) is 1.15. The van der Waals surface area contributed by atoms with Gasteiger partial charge in [-0.25, -0.2) is 4.98 Å². The first-order chi connectivity index (χ1) is 7.26. The van der Waals surface area contributed by atoms with E-state index in [0.717, 1.165) is 24.5 Å². The topological polar surface area (TPSA) is 49.3 Å². The minimum atomic E-state index is 0. The molecule has 0 aliphatic rings. The third-order valence-electron chi connectivity index (χ3n) is 1.96. The van der Waals surface area contributed by atoms with Crippen LogP contribution in [0.2, 0.25) is 5.15 Å². The summed E-state index contributed by atoms with van der Waals surface area (Å²) in [6.07, 6.45) is 2.68. The summed E-state index contributed by atoms with van der Waals surface area (Å²) in [6.45, 7) is 0.816. The van der Waals surface area contributed by atoms with Crippen LogP contribution in [0.4, 0.5) is 0 Å². The largest absolute Gasteiger partial charge is 0.359 e. The van der Waals surface area contributed by atoms with Crippen molar-refractivity contribution >= 4 is 41.5 Å². The van der Waals surface area contributed by atoms with Crippen LogP contribution in [0.3, 0.4) is 0 Å². The average Bonchev–Trinajstić information content (AvgIpc) is 2.27. The molecule has 1 heterocycles. The molecule has 4 nitrogen and oxygen atoms in total. The summed E-state index contributed by atoms with van der Waals surface area (Å²) in [4.78, 5) is 8.02. The Hall–Kier alpha value is -0.560. The van der Waals surface area contributed by atoms with Crippen LogP contribution in [-0.2, 0) is 6.42 Å².